The summed E-state index contributed by atoms with van der Waals surface area (Å²) in [5.41, 5.74) is 5.85. The van der Waals surface area contributed by atoms with Crippen LogP contribution in [0.25, 0.3) is 43.1 Å². The van der Waals surface area contributed by atoms with Crippen molar-refractivity contribution in [2.75, 3.05) is 0 Å². The number of hydrogen-bond donors (Lipinski definition) is 0. The van der Waals surface area contributed by atoms with Gasteiger partial charge in [0.2, 0.25) is 0 Å². The van der Waals surface area contributed by atoms with Gasteiger partial charge in [-0.25, -0.2) is 0 Å². The van der Waals surface area contributed by atoms with Gasteiger partial charge in [0.25, 0.3) is 0 Å². The fraction of sp³-hybridized carbons (Fsp3) is 0.296. The molecule has 0 radical (unpaired) electrons. The second-order valence-electron chi connectivity index (χ2n) is 16.1. The van der Waals surface area contributed by atoms with Crippen molar-refractivity contribution in [2.45, 2.75) is 107 Å². The first kappa shape index (κ1) is 53.4. The largest absolute Gasteiger partial charge is 1.00 e. The molecule has 8 rings (SSSR count). The predicted molar refractivity (Wildman–Crippen MR) is 247 cm³/mol. The molecule has 0 bridgehead atoms. The Labute approximate surface area is 393 Å². The van der Waals surface area contributed by atoms with E-state index >= 15 is 0 Å². The van der Waals surface area contributed by atoms with Crippen molar-refractivity contribution in [3.8, 4) is 0 Å². The third kappa shape index (κ3) is 16.8. The molecule has 0 aliphatic carbocycles. The van der Waals surface area contributed by atoms with E-state index in [-0.39, 0.29) is 24.8 Å². The molecule has 0 aromatic heterocycles. The third-order valence-electron chi connectivity index (χ3n) is 9.35. The Morgan fingerprint density at radius 2 is 0.500 bits per heavy atom. The maximum atomic E-state index is 2.24. The normalized spacial score (nSPS) is 10.3. The second-order valence-corrected chi connectivity index (χ2v) is 21.0. The molecule has 304 valence electrons. The van der Waals surface area contributed by atoms with E-state index in [1.807, 2.05) is 0 Å². The van der Waals surface area contributed by atoms with Gasteiger partial charge in [0.1, 0.15) is 0 Å². The molecule has 0 amide bonds. The summed E-state index contributed by atoms with van der Waals surface area (Å²) in [4.78, 5) is 0. The monoisotopic (exact) mass is 962 g/mol. The minimum atomic E-state index is 0. The van der Waals surface area contributed by atoms with Crippen LogP contribution in [0.1, 0.15) is 129 Å². The fourth-order valence-corrected chi connectivity index (χ4v) is 6.71. The Balaban J connectivity index is 0.000000360. The number of fused-ring (bicyclic) bond motifs is 4. The molecule has 8 aromatic rings. The predicted octanol–water partition coefficient (Wildman–Crippen LogP) is 10.2. The van der Waals surface area contributed by atoms with E-state index in [9.17, 15) is 0 Å². The molecule has 0 spiro atoms. The van der Waals surface area contributed by atoms with Crippen molar-refractivity contribution in [2.24, 2.45) is 0 Å². The van der Waals surface area contributed by atoms with Gasteiger partial charge >= 0.3 is 82.6 Å². The number of benzene rings is 4. The van der Waals surface area contributed by atoms with Crippen molar-refractivity contribution in [1.29, 1.82) is 0 Å². The van der Waals surface area contributed by atoms with Gasteiger partial charge < -0.3 is 24.8 Å². The van der Waals surface area contributed by atoms with Gasteiger partial charge in [-0.15, -0.1) is 164 Å². The minimum absolute atomic E-state index is 0. The maximum Gasteiger partial charge on any atom is -1.00 e. The number of hydrogen-bond acceptors (Lipinski definition) is 0. The van der Waals surface area contributed by atoms with Gasteiger partial charge in [-0.05, 0) is 0 Å². The molecular weight excluding hydrogens is 902 g/mol. The van der Waals surface area contributed by atoms with E-state index in [1.54, 1.807) is 48.5 Å². The van der Waals surface area contributed by atoms with Crippen LogP contribution in [0, 0.1) is 0 Å². The molecule has 0 aliphatic heterocycles. The van der Waals surface area contributed by atoms with E-state index in [0.29, 0.717) is 23.7 Å². The zero-order chi connectivity index (χ0) is 41.4. The van der Waals surface area contributed by atoms with E-state index in [4.69, 9.17) is 0 Å². The average Bonchev–Trinajstić information content (AvgIpc) is 3.96. The van der Waals surface area contributed by atoms with Crippen molar-refractivity contribution in [3.63, 3.8) is 0 Å². The molecule has 58 heavy (non-hydrogen) atoms. The molecule has 8 aromatic carbocycles. The molecule has 0 N–H and O–H groups in total. The smallest absolute Gasteiger partial charge is 1.00 e. The molecular formula is C54H64Cl2Zr2-2. The van der Waals surface area contributed by atoms with Gasteiger partial charge in [-0.1, -0.05) is 103 Å². The summed E-state index contributed by atoms with van der Waals surface area (Å²) in [6.07, 6.45) is 0. The number of rotatable bonds is 4. The summed E-state index contributed by atoms with van der Waals surface area (Å²) in [6, 6.07) is 52.0. The second kappa shape index (κ2) is 27.3. The molecule has 0 saturated heterocycles. The van der Waals surface area contributed by atoms with Crippen molar-refractivity contribution in [3.05, 3.63) is 168 Å². The van der Waals surface area contributed by atoms with Crippen LogP contribution in [0.5, 0.6) is 0 Å². The van der Waals surface area contributed by atoms with Crippen LogP contribution in [0.4, 0.5) is 0 Å². The van der Waals surface area contributed by atoms with Gasteiger partial charge in [-0.2, -0.15) is 22.3 Å². The summed E-state index contributed by atoms with van der Waals surface area (Å²) < 4.78 is 3.01. The van der Waals surface area contributed by atoms with Crippen LogP contribution in [0.3, 0.4) is 0 Å². The Kier molecular flexibility index (Phi) is 25.1. The van der Waals surface area contributed by atoms with E-state index in [0.717, 1.165) is 0 Å². The topological polar surface area (TPSA) is 0 Å². The SMILES string of the molecule is CC(C)c1c[cH-]c2ccccc12.CC(C)c1c[cH-]c2ccccc12.CC(C)c1c[cH-]c2ccccc12.CC(C)c1c[cH-]c2ccccc12.C[C](C)=[Zr+2].C[C](C)=[Zr+2].[Cl-].[Cl-]. The van der Waals surface area contributed by atoms with Crippen LogP contribution in [0.2, 0.25) is 0 Å². The molecule has 0 atom stereocenters. The minimum Gasteiger partial charge on any atom is -1.00 e. The molecule has 0 aliphatic rings. The van der Waals surface area contributed by atoms with Crippen LogP contribution < -0.4 is 24.8 Å². The quantitative estimate of drug-likeness (QED) is 0.154. The molecule has 0 nitrogen and oxygen atoms in total. The van der Waals surface area contributed by atoms with E-state index in [1.165, 1.54) is 71.8 Å². The van der Waals surface area contributed by atoms with Crippen LogP contribution in [0.15, 0.2) is 146 Å². The summed E-state index contributed by atoms with van der Waals surface area (Å²) in [7, 11) is 0. The van der Waals surface area contributed by atoms with Crippen molar-refractivity contribution >= 4 is 49.5 Å². The fourth-order valence-electron chi connectivity index (χ4n) is 6.71. The third-order valence-corrected chi connectivity index (χ3v) is 9.35. The molecule has 4 heteroatoms. The van der Waals surface area contributed by atoms with Crippen LogP contribution in [-0.4, -0.2) is 6.41 Å². The molecule has 0 saturated carbocycles. The molecule has 0 unspecified atom stereocenters. The van der Waals surface area contributed by atoms with E-state index < -0.39 is 0 Å². The zero-order valence-electron chi connectivity index (χ0n) is 36.9. The van der Waals surface area contributed by atoms with Crippen LogP contribution in [-0.2, 0) is 48.5 Å². The van der Waals surface area contributed by atoms with E-state index in [2.05, 4.69) is 229 Å². The number of halogens is 2. The van der Waals surface area contributed by atoms with Gasteiger partial charge in [0.05, 0.1) is 0 Å². The zero-order valence-corrected chi connectivity index (χ0v) is 43.3. The summed E-state index contributed by atoms with van der Waals surface area (Å²) >= 11 is 3.11. The van der Waals surface area contributed by atoms with Crippen molar-refractivity contribution in [1.82, 2.24) is 0 Å². The van der Waals surface area contributed by atoms with Gasteiger partial charge in [0.15, 0.2) is 0 Å². The standard InChI is InChI=1S/4C12H13.2C3H6.2ClH.2Zr/c4*1-9(2)11-8-7-10-5-3-4-6-12(10)11;2*1-3-2;;;;/h4*3-9H,1-2H3;2*1-2H3;2*1H;;/q4*-1;;;;;2*+2/p-2. The first-order chi connectivity index (χ1) is 26.6. The average molecular weight is 966 g/mol. The summed E-state index contributed by atoms with van der Waals surface area (Å²) in [6.45, 7) is 26.4. The van der Waals surface area contributed by atoms with Crippen molar-refractivity contribution < 1.29 is 73.3 Å². The Morgan fingerprint density at radius 1 is 0.345 bits per heavy atom. The first-order valence-corrected chi connectivity index (χ1v) is 22.7. The molecule has 0 fully saturated rings. The van der Waals surface area contributed by atoms with Gasteiger partial charge in [-0.3, -0.25) is 0 Å². The Hall–Kier alpha value is -2.59. The Bertz CT molecular complexity index is 2040. The summed E-state index contributed by atoms with van der Waals surface area (Å²) in [5, 5.41) is 11.1. The first-order valence-electron chi connectivity index (χ1n) is 20.2. The van der Waals surface area contributed by atoms with Crippen LogP contribution >= 0.6 is 0 Å². The van der Waals surface area contributed by atoms with Gasteiger partial charge in [0, 0.05) is 0 Å². The summed E-state index contributed by atoms with van der Waals surface area (Å²) in [5.74, 6) is 2.52. The Morgan fingerprint density at radius 3 is 0.655 bits per heavy atom. The maximum absolute atomic E-state index is 2.24. The molecule has 0 heterocycles.